The highest BCUT2D eigenvalue weighted by Crippen LogP contribution is 2.40. The van der Waals surface area contributed by atoms with Crippen LogP contribution >= 0.6 is 15.9 Å². The van der Waals surface area contributed by atoms with Crippen LogP contribution in [0, 0.1) is 6.92 Å². The molecule has 0 atom stereocenters. The first-order chi connectivity index (χ1) is 9.13. The molecule has 0 aromatic carbocycles. The Labute approximate surface area is 119 Å². The van der Waals surface area contributed by atoms with Gasteiger partial charge in [-0.25, -0.2) is 4.98 Å². The molecule has 98 valence electrons. The molecule has 1 saturated carbocycles. The number of hydrogen-bond acceptors (Lipinski definition) is 5. The van der Waals surface area contributed by atoms with E-state index in [1.54, 1.807) is 12.4 Å². The van der Waals surface area contributed by atoms with Gasteiger partial charge in [0.05, 0.1) is 11.8 Å². The minimum absolute atomic E-state index is 0.436. The highest BCUT2D eigenvalue weighted by atomic mass is 79.9. The molecule has 0 spiro atoms. The molecule has 0 aliphatic heterocycles. The van der Waals surface area contributed by atoms with Crippen molar-refractivity contribution < 1.29 is 4.74 Å². The maximum absolute atomic E-state index is 5.91. The van der Waals surface area contributed by atoms with Crippen LogP contribution < -0.4 is 10.5 Å². The van der Waals surface area contributed by atoms with Crippen LogP contribution in [0.25, 0.3) is 0 Å². The Morgan fingerprint density at radius 2 is 2.11 bits per heavy atom. The summed E-state index contributed by atoms with van der Waals surface area (Å²) in [6, 6.07) is 1.83. The van der Waals surface area contributed by atoms with E-state index in [-0.39, 0.29) is 0 Å². The van der Waals surface area contributed by atoms with E-state index in [1.807, 2.05) is 13.0 Å². The van der Waals surface area contributed by atoms with Gasteiger partial charge in [0.15, 0.2) is 0 Å². The molecule has 1 fully saturated rings. The zero-order valence-electron chi connectivity index (χ0n) is 10.4. The summed E-state index contributed by atoms with van der Waals surface area (Å²) in [5, 5.41) is 0. The van der Waals surface area contributed by atoms with Gasteiger partial charge in [0, 0.05) is 16.6 Å². The van der Waals surface area contributed by atoms with E-state index in [0.29, 0.717) is 23.4 Å². The van der Waals surface area contributed by atoms with Gasteiger partial charge in [0.25, 0.3) is 0 Å². The van der Waals surface area contributed by atoms with Gasteiger partial charge in [-0.05, 0) is 41.8 Å². The van der Waals surface area contributed by atoms with Gasteiger partial charge in [-0.2, -0.15) is 4.98 Å². The Morgan fingerprint density at radius 3 is 2.79 bits per heavy atom. The fourth-order valence-electron chi connectivity index (χ4n) is 1.71. The van der Waals surface area contributed by atoms with Gasteiger partial charge < -0.3 is 10.5 Å². The van der Waals surface area contributed by atoms with Crippen molar-refractivity contribution in [3.8, 4) is 11.6 Å². The van der Waals surface area contributed by atoms with Gasteiger partial charge >= 0.3 is 0 Å². The van der Waals surface area contributed by atoms with Crippen LogP contribution in [0.4, 0.5) is 5.82 Å². The largest absolute Gasteiger partial charge is 0.437 e. The molecule has 2 aromatic heterocycles. The molecule has 2 aromatic rings. The van der Waals surface area contributed by atoms with E-state index in [1.165, 1.54) is 0 Å². The number of rotatable bonds is 3. The highest BCUT2D eigenvalue weighted by molar-refractivity contribution is 9.10. The second-order valence-electron chi connectivity index (χ2n) is 4.61. The summed E-state index contributed by atoms with van der Waals surface area (Å²) in [6.07, 6.45) is 5.59. The predicted octanol–water partition coefficient (Wildman–Crippen LogP) is 3.19. The Hall–Kier alpha value is -1.69. The molecular weight excluding hydrogens is 308 g/mol. The van der Waals surface area contributed by atoms with Crippen LogP contribution in [-0.2, 0) is 0 Å². The average Bonchev–Trinajstić information content (AvgIpc) is 3.19. The van der Waals surface area contributed by atoms with Crippen LogP contribution in [0.3, 0.4) is 0 Å². The maximum Gasteiger partial charge on any atom is 0.227 e. The third kappa shape index (κ3) is 2.68. The van der Waals surface area contributed by atoms with Gasteiger partial charge in [-0.1, -0.05) is 0 Å². The minimum atomic E-state index is 0.436. The number of ether oxygens (including phenoxy) is 1. The van der Waals surface area contributed by atoms with E-state index in [9.17, 15) is 0 Å². The Bertz CT molecular complexity index is 628. The molecule has 0 saturated heterocycles. The van der Waals surface area contributed by atoms with Gasteiger partial charge in [0.2, 0.25) is 5.88 Å². The summed E-state index contributed by atoms with van der Waals surface area (Å²) in [5.41, 5.74) is 6.67. The molecule has 0 radical (unpaired) electrons. The topological polar surface area (TPSA) is 73.9 Å². The van der Waals surface area contributed by atoms with E-state index >= 15 is 0 Å². The number of anilines is 1. The molecule has 6 heteroatoms. The van der Waals surface area contributed by atoms with Gasteiger partial charge in [0.1, 0.15) is 17.4 Å². The lowest BCUT2D eigenvalue weighted by atomic mass is 10.3. The molecule has 1 aliphatic rings. The number of nitrogen functional groups attached to an aromatic ring is 1. The molecular formula is C13H13BrN4O. The summed E-state index contributed by atoms with van der Waals surface area (Å²) in [5.74, 6) is 2.83. The van der Waals surface area contributed by atoms with Gasteiger partial charge in [-0.3, -0.25) is 4.98 Å². The summed E-state index contributed by atoms with van der Waals surface area (Å²) >= 11 is 3.36. The van der Waals surface area contributed by atoms with E-state index in [2.05, 4.69) is 30.9 Å². The molecule has 0 unspecified atom stereocenters. The van der Waals surface area contributed by atoms with Crippen molar-refractivity contribution in [3.05, 3.63) is 34.3 Å². The second-order valence-corrected chi connectivity index (χ2v) is 5.53. The lowest BCUT2D eigenvalue weighted by molar-refractivity contribution is 0.452. The van der Waals surface area contributed by atoms with E-state index < -0.39 is 0 Å². The third-order valence-electron chi connectivity index (χ3n) is 2.99. The number of nitrogens with two attached hydrogens (primary N) is 1. The van der Waals surface area contributed by atoms with E-state index in [4.69, 9.17) is 10.5 Å². The van der Waals surface area contributed by atoms with Crippen molar-refractivity contribution in [2.24, 2.45) is 0 Å². The maximum atomic E-state index is 5.91. The van der Waals surface area contributed by atoms with E-state index in [0.717, 1.165) is 28.7 Å². The molecule has 19 heavy (non-hydrogen) atoms. The van der Waals surface area contributed by atoms with Crippen LogP contribution in [0.15, 0.2) is 22.9 Å². The van der Waals surface area contributed by atoms with Crippen molar-refractivity contribution in [1.29, 1.82) is 0 Å². The van der Waals surface area contributed by atoms with Crippen LogP contribution in [0.5, 0.6) is 11.6 Å². The van der Waals surface area contributed by atoms with Crippen molar-refractivity contribution >= 4 is 21.7 Å². The highest BCUT2D eigenvalue weighted by Gasteiger charge is 2.28. The fourth-order valence-corrected chi connectivity index (χ4v) is 2.06. The lowest BCUT2D eigenvalue weighted by Crippen LogP contribution is -2.04. The minimum Gasteiger partial charge on any atom is -0.437 e. The Kier molecular flexibility index (Phi) is 3.10. The molecule has 3 rings (SSSR count). The molecule has 2 heterocycles. The second kappa shape index (κ2) is 4.77. The Morgan fingerprint density at radius 1 is 1.32 bits per heavy atom. The summed E-state index contributed by atoms with van der Waals surface area (Å²) in [7, 11) is 0. The average molecular weight is 321 g/mol. The Balaban J connectivity index is 1.95. The standard InChI is InChI=1S/C13H13BrN4O/c1-7-11(15)17-12(8-2-3-8)18-13(7)19-10-4-9(14)5-16-6-10/h4-6,8H,2-3H2,1H3,(H2,15,17,18). The van der Waals surface area contributed by atoms with Gasteiger partial charge in [-0.15, -0.1) is 0 Å². The molecule has 0 amide bonds. The summed E-state index contributed by atoms with van der Waals surface area (Å²) in [6.45, 7) is 1.85. The molecule has 2 N–H and O–H groups in total. The number of halogens is 1. The molecule has 1 aliphatic carbocycles. The first-order valence-electron chi connectivity index (χ1n) is 6.06. The number of aromatic nitrogens is 3. The zero-order chi connectivity index (χ0) is 13.4. The normalized spacial score (nSPS) is 14.4. The predicted molar refractivity (Wildman–Crippen MR) is 75.2 cm³/mol. The first-order valence-corrected chi connectivity index (χ1v) is 6.85. The quantitative estimate of drug-likeness (QED) is 0.940. The van der Waals surface area contributed by atoms with Crippen LogP contribution in [-0.4, -0.2) is 15.0 Å². The monoisotopic (exact) mass is 320 g/mol. The molecule has 5 nitrogen and oxygen atoms in total. The summed E-state index contributed by atoms with van der Waals surface area (Å²) in [4.78, 5) is 12.8. The SMILES string of the molecule is Cc1c(N)nc(C2CC2)nc1Oc1cncc(Br)c1. The first kappa shape index (κ1) is 12.3. The fraction of sp³-hybridized carbons (Fsp3) is 0.308. The number of hydrogen-bond donors (Lipinski definition) is 1. The van der Waals surface area contributed by atoms with Crippen molar-refractivity contribution in [1.82, 2.24) is 15.0 Å². The lowest BCUT2D eigenvalue weighted by Gasteiger charge is -2.10. The number of nitrogens with zero attached hydrogens (tertiary/aromatic N) is 3. The zero-order valence-corrected chi connectivity index (χ0v) is 12.0. The van der Waals surface area contributed by atoms with Crippen molar-refractivity contribution in [2.75, 3.05) is 5.73 Å². The smallest absolute Gasteiger partial charge is 0.227 e. The van der Waals surface area contributed by atoms with Crippen molar-refractivity contribution in [3.63, 3.8) is 0 Å². The van der Waals surface area contributed by atoms with Crippen LogP contribution in [0.2, 0.25) is 0 Å². The van der Waals surface area contributed by atoms with Crippen molar-refractivity contribution in [2.45, 2.75) is 25.7 Å². The molecule has 0 bridgehead atoms. The number of pyridine rings is 1. The van der Waals surface area contributed by atoms with Crippen LogP contribution in [0.1, 0.15) is 30.1 Å². The summed E-state index contributed by atoms with van der Waals surface area (Å²) < 4.78 is 6.62. The third-order valence-corrected chi connectivity index (χ3v) is 3.43.